The van der Waals surface area contributed by atoms with Gasteiger partial charge in [0.1, 0.15) is 0 Å². The second kappa shape index (κ2) is 8.28. The van der Waals surface area contributed by atoms with Gasteiger partial charge in [-0.2, -0.15) is 0 Å². The third kappa shape index (κ3) is 6.78. The number of hydrogen-bond donors (Lipinski definition) is 1. The average molecular weight is 295 g/mol. The summed E-state index contributed by atoms with van der Waals surface area (Å²) >= 11 is 0. The molecule has 1 aromatic rings. The number of benzene rings is 1. The van der Waals surface area contributed by atoms with Crippen LogP contribution in [0.2, 0.25) is 0 Å². The molecule has 0 bridgehead atoms. The zero-order valence-corrected chi connectivity index (χ0v) is 12.3. The van der Waals surface area contributed by atoms with E-state index < -0.39 is 17.7 Å². The van der Waals surface area contributed by atoms with Gasteiger partial charge in [0.2, 0.25) is 0 Å². The predicted octanol–water partition coefficient (Wildman–Crippen LogP) is 1.26. The Bertz CT molecular complexity index is 498. The summed E-state index contributed by atoms with van der Waals surface area (Å²) in [6.07, 6.45) is -0.638. The van der Waals surface area contributed by atoms with E-state index in [2.05, 4.69) is 10.1 Å². The van der Waals surface area contributed by atoms with Crippen LogP contribution in [0.5, 0.6) is 0 Å². The van der Waals surface area contributed by atoms with Crippen LogP contribution in [0.1, 0.15) is 31.1 Å². The van der Waals surface area contributed by atoms with E-state index in [9.17, 15) is 9.59 Å². The van der Waals surface area contributed by atoms with Gasteiger partial charge in [-0.1, -0.05) is 0 Å². The number of amides is 1. The molecule has 0 aliphatic rings. The normalized spacial score (nSPS) is 9.81. The monoisotopic (exact) mass is 295 g/mol. The van der Waals surface area contributed by atoms with Crippen LogP contribution in [0.3, 0.4) is 0 Å². The van der Waals surface area contributed by atoms with Gasteiger partial charge in [-0.15, -0.1) is 0 Å². The molecular weight excluding hydrogens is 277 g/mol. The summed E-state index contributed by atoms with van der Waals surface area (Å²) in [5, 5.41) is 2.49. The number of ether oxygens (including phenoxy) is 2. The number of esters is 1. The Labute approximate surface area is 124 Å². The zero-order valence-electron chi connectivity index (χ0n) is 12.3. The first-order chi connectivity index (χ1) is 8.73. The fourth-order valence-corrected chi connectivity index (χ4v) is 1.32. The van der Waals surface area contributed by atoms with Crippen molar-refractivity contribution in [2.45, 2.75) is 26.4 Å². The van der Waals surface area contributed by atoms with Crippen LogP contribution in [0.4, 0.5) is 10.5 Å². The third-order valence-electron chi connectivity index (χ3n) is 2.11. The molecule has 0 heterocycles. The molecule has 1 amide bonds. The largest absolute Gasteiger partial charge is 0.870 e. The average Bonchev–Trinajstić information content (AvgIpc) is 2.28. The summed E-state index contributed by atoms with van der Waals surface area (Å²) < 4.78 is 9.69. The van der Waals surface area contributed by atoms with E-state index in [0.29, 0.717) is 16.7 Å². The predicted molar refractivity (Wildman–Crippen MR) is 76.9 cm³/mol. The van der Waals surface area contributed by atoms with Gasteiger partial charge in [0, 0.05) is 0 Å². The van der Waals surface area contributed by atoms with Gasteiger partial charge >= 0.3 is 113 Å². The maximum absolute atomic E-state index is 11.6. The molecule has 1 rings (SSSR count). The molecule has 8 heteroatoms. The summed E-state index contributed by atoms with van der Waals surface area (Å²) in [5.41, 5.74) is 0.317. The van der Waals surface area contributed by atoms with E-state index in [-0.39, 0.29) is 11.0 Å². The van der Waals surface area contributed by atoms with Crippen molar-refractivity contribution in [2.24, 2.45) is 0 Å². The minimum Gasteiger partial charge on any atom is -0.870 e. The van der Waals surface area contributed by atoms with E-state index >= 15 is 0 Å². The number of methoxy groups -OCH3 is 1. The number of carbonyl (C=O) groups is 2. The molecule has 0 radical (unpaired) electrons. The van der Waals surface area contributed by atoms with Gasteiger partial charge in [0.25, 0.3) is 0 Å². The summed E-state index contributed by atoms with van der Waals surface area (Å²) in [6.45, 7) is 5.25. The van der Waals surface area contributed by atoms with Crippen molar-refractivity contribution in [3.8, 4) is 0 Å². The second-order valence-electron chi connectivity index (χ2n) is 4.92. The van der Waals surface area contributed by atoms with Crippen molar-refractivity contribution in [3.63, 3.8) is 0 Å². The van der Waals surface area contributed by atoms with Crippen molar-refractivity contribution in [1.82, 2.24) is 0 Å². The summed E-state index contributed by atoms with van der Waals surface area (Å²) in [4.78, 5) is 23.0. The van der Waals surface area contributed by atoms with Gasteiger partial charge in [0.15, 0.2) is 0 Å². The van der Waals surface area contributed by atoms with Crippen LogP contribution >= 0.6 is 0 Å². The topological polar surface area (TPSA) is 125 Å². The van der Waals surface area contributed by atoms with Crippen molar-refractivity contribution >= 4 is 31.1 Å². The molecule has 0 spiro atoms. The molecule has 0 aliphatic carbocycles. The summed E-state index contributed by atoms with van der Waals surface area (Å²) in [5.74, 6) is -0.507. The molecule has 0 saturated carbocycles. The third-order valence-corrected chi connectivity index (χ3v) is 2.11. The Balaban J connectivity index is 0. The van der Waals surface area contributed by atoms with Crippen LogP contribution in [-0.2, 0) is 9.47 Å². The summed E-state index contributed by atoms with van der Waals surface area (Å²) in [7, 11) is 7.00. The minimum atomic E-state index is -0.638. The number of rotatable bonds is 2. The quantitative estimate of drug-likeness (QED) is 0.646. The molecule has 0 fully saturated rings. The fraction of sp³-hybridized carbons (Fsp3) is 0.385. The van der Waals surface area contributed by atoms with E-state index in [1.165, 1.54) is 25.3 Å². The molecule has 0 atom stereocenters. The Kier molecular flexibility index (Phi) is 8.38. The van der Waals surface area contributed by atoms with Crippen LogP contribution in [0, 0.1) is 0 Å². The minimum absolute atomic E-state index is 0. The molecule has 0 unspecified atom stereocenters. The maximum Gasteiger partial charge on any atom is -0.870 e. The first-order valence-corrected chi connectivity index (χ1v) is 5.71. The van der Waals surface area contributed by atoms with E-state index in [1.807, 2.05) is 0 Å². The molecule has 3 N–H and O–H groups in total. The van der Waals surface area contributed by atoms with Crippen LogP contribution in [0.25, 0.3) is 0 Å². The SMILES string of the molecule is [B+2]c1ccc(C(=O)OC)cc1NC(=O)OC(C)(C)C.[OH-].[OH-]. The molecule has 21 heavy (non-hydrogen) atoms. The van der Waals surface area contributed by atoms with Gasteiger partial charge in [-0.05, 0) is 0 Å². The van der Waals surface area contributed by atoms with Gasteiger partial charge < -0.3 is 11.0 Å². The van der Waals surface area contributed by atoms with Crippen molar-refractivity contribution in [3.05, 3.63) is 23.8 Å². The second-order valence-corrected chi connectivity index (χ2v) is 4.92. The first-order valence-electron chi connectivity index (χ1n) is 5.71. The number of carbonyl (C=O) groups excluding carboxylic acids is 2. The molecule has 0 aromatic heterocycles. The van der Waals surface area contributed by atoms with Gasteiger partial charge in [-0.3, -0.25) is 0 Å². The van der Waals surface area contributed by atoms with E-state index in [0.717, 1.165) is 0 Å². The number of nitrogens with one attached hydrogen (secondary N) is 1. The molecule has 0 saturated heterocycles. The van der Waals surface area contributed by atoms with Crippen molar-refractivity contribution in [2.75, 3.05) is 12.4 Å². The Morgan fingerprint density at radius 1 is 1.19 bits per heavy atom. The van der Waals surface area contributed by atoms with Crippen molar-refractivity contribution in [1.29, 1.82) is 0 Å². The van der Waals surface area contributed by atoms with E-state index in [4.69, 9.17) is 12.6 Å². The standard InChI is InChI=1S/C13H16BNO4.2H2O/c1-13(2,3)19-12(17)15-10-7-8(11(16)18-4)5-6-9(10)14;;/h5-7H,1-4H3,(H,15,17);2*1H2/q+2;;/p-2. The van der Waals surface area contributed by atoms with Gasteiger partial charge in [-0.25, -0.2) is 0 Å². The molecule has 1 aromatic carbocycles. The fourth-order valence-electron chi connectivity index (χ4n) is 1.32. The van der Waals surface area contributed by atoms with Crippen LogP contribution < -0.4 is 10.8 Å². The van der Waals surface area contributed by atoms with Gasteiger partial charge in [0.05, 0.1) is 0 Å². The molecular formula is C13H18BNO6. The molecule has 7 nitrogen and oxygen atoms in total. The Morgan fingerprint density at radius 3 is 2.24 bits per heavy atom. The van der Waals surface area contributed by atoms with Crippen LogP contribution in [-0.4, -0.2) is 43.6 Å². The number of hydrogen-bond acceptors (Lipinski definition) is 6. The van der Waals surface area contributed by atoms with Crippen LogP contribution in [0.15, 0.2) is 18.2 Å². The Hall–Kier alpha value is -2.06. The molecule has 0 aliphatic heterocycles. The summed E-state index contributed by atoms with van der Waals surface area (Å²) in [6, 6.07) is 4.46. The first kappa shape index (κ1) is 21.2. The number of anilines is 1. The molecule has 114 valence electrons. The Morgan fingerprint density at radius 2 is 1.76 bits per heavy atom. The zero-order chi connectivity index (χ0) is 14.6. The van der Waals surface area contributed by atoms with Crippen molar-refractivity contribution < 1.29 is 30.0 Å². The van der Waals surface area contributed by atoms with E-state index in [1.54, 1.807) is 20.8 Å². The maximum atomic E-state index is 11.6. The smallest absolute Gasteiger partial charge is 0.870 e.